The predicted molar refractivity (Wildman–Crippen MR) is 43.4 cm³/mol. The Morgan fingerprint density at radius 2 is 2.20 bits per heavy atom. The molecule has 0 saturated carbocycles. The van der Waals surface area contributed by atoms with E-state index in [1.807, 2.05) is 6.07 Å². The van der Waals surface area contributed by atoms with E-state index in [4.69, 9.17) is 16.9 Å². The molecule has 0 amide bonds. The SMILES string of the molecule is N#Cc1ccc(Cl)c(S)c1. The summed E-state index contributed by atoms with van der Waals surface area (Å²) >= 11 is 9.69. The van der Waals surface area contributed by atoms with Gasteiger partial charge in [0.2, 0.25) is 0 Å². The first-order chi connectivity index (χ1) is 4.74. The molecule has 0 heterocycles. The molecular formula is C7H4ClNS. The van der Waals surface area contributed by atoms with Crippen molar-refractivity contribution in [3.63, 3.8) is 0 Å². The third-order valence-corrected chi connectivity index (χ3v) is 1.91. The number of hydrogen-bond acceptors (Lipinski definition) is 2. The molecule has 0 atom stereocenters. The first kappa shape index (κ1) is 7.46. The van der Waals surface area contributed by atoms with Gasteiger partial charge >= 0.3 is 0 Å². The third-order valence-electron chi connectivity index (χ3n) is 1.08. The first-order valence-corrected chi connectivity index (χ1v) is 3.45. The summed E-state index contributed by atoms with van der Waals surface area (Å²) in [6.07, 6.45) is 0. The molecule has 50 valence electrons. The minimum Gasteiger partial charge on any atom is -0.192 e. The van der Waals surface area contributed by atoms with E-state index in [1.165, 1.54) is 0 Å². The maximum Gasteiger partial charge on any atom is 0.0992 e. The Hall–Kier alpha value is -0.650. The quantitative estimate of drug-likeness (QED) is 0.593. The van der Waals surface area contributed by atoms with Gasteiger partial charge in [0.15, 0.2) is 0 Å². The van der Waals surface area contributed by atoms with Gasteiger partial charge in [-0.2, -0.15) is 5.26 Å². The Kier molecular flexibility index (Phi) is 2.21. The molecule has 0 bridgehead atoms. The maximum atomic E-state index is 8.43. The van der Waals surface area contributed by atoms with Crippen LogP contribution < -0.4 is 0 Å². The molecule has 1 rings (SSSR count). The molecule has 0 spiro atoms. The van der Waals surface area contributed by atoms with Gasteiger partial charge in [-0.15, -0.1) is 12.6 Å². The molecular weight excluding hydrogens is 166 g/mol. The summed E-state index contributed by atoms with van der Waals surface area (Å²) in [5.41, 5.74) is 0.578. The number of thiol groups is 1. The molecule has 0 unspecified atom stereocenters. The van der Waals surface area contributed by atoms with Gasteiger partial charge in [-0.1, -0.05) is 11.6 Å². The lowest BCUT2D eigenvalue weighted by Gasteiger charge is -1.93. The van der Waals surface area contributed by atoms with E-state index in [0.717, 1.165) is 0 Å². The fraction of sp³-hybridized carbons (Fsp3) is 0. The van der Waals surface area contributed by atoms with Crippen LogP contribution in [0, 0.1) is 11.3 Å². The highest BCUT2D eigenvalue weighted by molar-refractivity contribution is 7.80. The summed E-state index contributed by atoms with van der Waals surface area (Å²) in [4.78, 5) is 0.640. The summed E-state index contributed by atoms with van der Waals surface area (Å²) in [7, 11) is 0. The molecule has 1 aromatic rings. The van der Waals surface area contributed by atoms with E-state index < -0.39 is 0 Å². The zero-order chi connectivity index (χ0) is 7.56. The minimum absolute atomic E-state index is 0.572. The largest absolute Gasteiger partial charge is 0.192 e. The first-order valence-electron chi connectivity index (χ1n) is 2.62. The molecule has 10 heavy (non-hydrogen) atoms. The van der Waals surface area contributed by atoms with Gasteiger partial charge in [0.1, 0.15) is 0 Å². The van der Waals surface area contributed by atoms with Gasteiger partial charge in [0.25, 0.3) is 0 Å². The topological polar surface area (TPSA) is 23.8 Å². The van der Waals surface area contributed by atoms with E-state index >= 15 is 0 Å². The summed E-state index contributed by atoms with van der Waals surface area (Å²) in [5, 5.41) is 9.00. The average Bonchev–Trinajstić information content (AvgIpc) is 1.95. The second-order valence-corrected chi connectivity index (χ2v) is 2.67. The van der Waals surface area contributed by atoms with E-state index in [-0.39, 0.29) is 0 Å². The summed E-state index contributed by atoms with van der Waals surface area (Å²) in [6, 6.07) is 6.93. The van der Waals surface area contributed by atoms with Crippen LogP contribution in [0.1, 0.15) is 5.56 Å². The van der Waals surface area contributed by atoms with Crippen LogP contribution in [0.15, 0.2) is 23.1 Å². The lowest BCUT2D eigenvalue weighted by molar-refractivity contribution is 1.41. The number of rotatable bonds is 0. The molecule has 3 heteroatoms. The van der Waals surface area contributed by atoms with Crippen LogP contribution in [0.3, 0.4) is 0 Å². The van der Waals surface area contributed by atoms with Gasteiger partial charge in [0.05, 0.1) is 16.7 Å². The average molecular weight is 170 g/mol. The van der Waals surface area contributed by atoms with Crippen molar-refractivity contribution in [3.05, 3.63) is 28.8 Å². The van der Waals surface area contributed by atoms with Crippen LogP contribution in [0.2, 0.25) is 5.02 Å². The molecule has 0 aliphatic rings. The molecule has 0 N–H and O–H groups in total. The lowest BCUT2D eigenvalue weighted by Crippen LogP contribution is -1.74. The fourth-order valence-corrected chi connectivity index (χ4v) is 0.913. The third kappa shape index (κ3) is 1.44. The van der Waals surface area contributed by atoms with E-state index in [2.05, 4.69) is 12.6 Å². The highest BCUT2D eigenvalue weighted by Gasteiger charge is 1.95. The molecule has 1 nitrogen and oxygen atoms in total. The Morgan fingerprint density at radius 3 is 2.70 bits per heavy atom. The maximum absolute atomic E-state index is 8.43. The molecule has 0 radical (unpaired) electrons. The zero-order valence-electron chi connectivity index (χ0n) is 5.00. The second kappa shape index (κ2) is 2.96. The molecule has 0 aliphatic carbocycles. The van der Waals surface area contributed by atoms with Crippen LogP contribution in [-0.4, -0.2) is 0 Å². The van der Waals surface area contributed by atoms with Crippen LogP contribution in [0.25, 0.3) is 0 Å². The predicted octanol–water partition coefficient (Wildman–Crippen LogP) is 2.50. The highest BCUT2D eigenvalue weighted by atomic mass is 35.5. The van der Waals surface area contributed by atoms with Crippen molar-refractivity contribution in [2.24, 2.45) is 0 Å². The van der Waals surface area contributed by atoms with Gasteiger partial charge in [0, 0.05) is 4.90 Å². The number of halogens is 1. The second-order valence-electron chi connectivity index (χ2n) is 1.78. The molecule has 0 aliphatic heterocycles. The van der Waals surface area contributed by atoms with Crippen molar-refractivity contribution in [3.8, 4) is 6.07 Å². The number of hydrogen-bond donors (Lipinski definition) is 1. The number of nitriles is 1. The smallest absolute Gasteiger partial charge is 0.0992 e. The fourth-order valence-electron chi connectivity index (χ4n) is 0.582. The van der Waals surface area contributed by atoms with Crippen LogP contribution >= 0.6 is 24.2 Å². The molecule has 0 fully saturated rings. The Labute approximate surface area is 69.6 Å². The Balaban J connectivity index is 3.20. The summed E-state index contributed by atoms with van der Waals surface area (Å²) < 4.78 is 0. The van der Waals surface area contributed by atoms with E-state index in [0.29, 0.717) is 15.5 Å². The molecule has 1 aromatic carbocycles. The van der Waals surface area contributed by atoms with Crippen LogP contribution in [-0.2, 0) is 0 Å². The van der Waals surface area contributed by atoms with Gasteiger partial charge in [-0.25, -0.2) is 0 Å². The van der Waals surface area contributed by atoms with Crippen molar-refractivity contribution in [2.45, 2.75) is 4.90 Å². The molecule has 0 saturated heterocycles. The van der Waals surface area contributed by atoms with Crippen molar-refractivity contribution >= 4 is 24.2 Å². The standard InChI is InChI=1S/C7H4ClNS/c8-6-2-1-5(4-9)3-7(6)10/h1-3,10H. The normalized spacial score (nSPS) is 8.90. The number of benzene rings is 1. The van der Waals surface area contributed by atoms with E-state index in [9.17, 15) is 0 Å². The van der Waals surface area contributed by atoms with Crippen molar-refractivity contribution < 1.29 is 0 Å². The van der Waals surface area contributed by atoms with E-state index in [1.54, 1.807) is 18.2 Å². The summed E-state index contributed by atoms with van der Waals surface area (Å²) in [6.45, 7) is 0. The minimum atomic E-state index is 0.572. The molecule has 0 aromatic heterocycles. The highest BCUT2D eigenvalue weighted by Crippen LogP contribution is 2.20. The van der Waals surface area contributed by atoms with Crippen molar-refractivity contribution in [1.29, 1.82) is 5.26 Å². The Bertz CT molecular complexity index is 290. The van der Waals surface area contributed by atoms with Gasteiger partial charge in [-0.3, -0.25) is 0 Å². The summed E-state index contributed by atoms with van der Waals surface area (Å²) in [5.74, 6) is 0. The van der Waals surface area contributed by atoms with Crippen molar-refractivity contribution in [2.75, 3.05) is 0 Å². The monoisotopic (exact) mass is 169 g/mol. The van der Waals surface area contributed by atoms with Gasteiger partial charge < -0.3 is 0 Å². The zero-order valence-corrected chi connectivity index (χ0v) is 6.65. The van der Waals surface area contributed by atoms with Crippen molar-refractivity contribution in [1.82, 2.24) is 0 Å². The Morgan fingerprint density at radius 1 is 1.50 bits per heavy atom. The lowest BCUT2D eigenvalue weighted by atomic mass is 10.2. The van der Waals surface area contributed by atoms with Crippen LogP contribution in [0.5, 0.6) is 0 Å². The van der Waals surface area contributed by atoms with Gasteiger partial charge in [-0.05, 0) is 18.2 Å². The van der Waals surface area contributed by atoms with Crippen LogP contribution in [0.4, 0.5) is 0 Å². The number of nitrogens with zero attached hydrogens (tertiary/aromatic N) is 1.